The molecule has 0 amide bonds. The maximum atomic E-state index is 6.10. The van der Waals surface area contributed by atoms with Gasteiger partial charge in [0.15, 0.2) is 23.0 Å². The fourth-order valence-corrected chi connectivity index (χ4v) is 4.80. The molecule has 0 spiro atoms. The average molecular weight is 597 g/mol. The summed E-state index contributed by atoms with van der Waals surface area (Å²) in [4.78, 5) is 0. The van der Waals surface area contributed by atoms with Crippen molar-refractivity contribution < 1.29 is 28.4 Å². The third-order valence-corrected chi connectivity index (χ3v) is 7.66. The van der Waals surface area contributed by atoms with Crippen LogP contribution in [-0.4, -0.2) is 40.6 Å². The van der Waals surface area contributed by atoms with Gasteiger partial charge in [-0.15, -0.1) is 0 Å². The second kappa shape index (κ2) is 15.2. The molecular formula is C38H44O6. The van der Waals surface area contributed by atoms with Gasteiger partial charge in [0.2, 0.25) is 11.5 Å². The molecule has 0 aromatic heterocycles. The maximum absolute atomic E-state index is 6.10. The van der Waals surface area contributed by atoms with Crippen LogP contribution in [0.5, 0.6) is 34.5 Å². The van der Waals surface area contributed by atoms with Crippen LogP contribution in [0.1, 0.15) is 62.8 Å². The second-order valence-corrected chi connectivity index (χ2v) is 10.6. The Morgan fingerprint density at radius 1 is 0.523 bits per heavy atom. The third kappa shape index (κ3) is 7.49. The van der Waals surface area contributed by atoms with E-state index in [9.17, 15) is 0 Å². The molecule has 4 aromatic rings. The summed E-state index contributed by atoms with van der Waals surface area (Å²) in [7, 11) is 6.58. The molecule has 232 valence electrons. The Balaban J connectivity index is 1.67. The standard InChI is InChI=1S/C38H44O6/c1-9-25(3)43-37-33(39-5)21-27(22-34(37)40-6)15-17-29-19-20-30(32-14-12-11-13-31(29)32)18-16-28-23-35(41-7)38(36(24-28)42-8)44-26(4)10-2/h11-26H,9-10H2,1-8H3/b17-15+,18-16+. The Kier molecular flexibility index (Phi) is 11.2. The van der Waals surface area contributed by atoms with Gasteiger partial charge >= 0.3 is 0 Å². The molecule has 6 heteroatoms. The highest BCUT2D eigenvalue weighted by molar-refractivity contribution is 5.99. The summed E-state index contributed by atoms with van der Waals surface area (Å²) < 4.78 is 34.9. The van der Waals surface area contributed by atoms with Gasteiger partial charge in [-0.3, -0.25) is 0 Å². The first-order valence-corrected chi connectivity index (χ1v) is 15.1. The van der Waals surface area contributed by atoms with Gasteiger partial charge < -0.3 is 28.4 Å². The summed E-state index contributed by atoms with van der Waals surface area (Å²) in [6.45, 7) is 8.23. The molecule has 0 aliphatic heterocycles. The molecule has 4 rings (SSSR count). The third-order valence-electron chi connectivity index (χ3n) is 7.66. The summed E-state index contributed by atoms with van der Waals surface area (Å²) in [5, 5.41) is 2.29. The number of hydrogen-bond acceptors (Lipinski definition) is 6. The Labute approximate surface area is 261 Å². The van der Waals surface area contributed by atoms with Crippen molar-refractivity contribution in [2.75, 3.05) is 28.4 Å². The van der Waals surface area contributed by atoms with Gasteiger partial charge in [-0.05, 0) is 84.0 Å². The van der Waals surface area contributed by atoms with Crippen molar-refractivity contribution in [3.8, 4) is 34.5 Å². The number of rotatable bonds is 14. The fraction of sp³-hybridized carbons (Fsp3) is 0.316. The van der Waals surface area contributed by atoms with Gasteiger partial charge in [0, 0.05) is 0 Å². The van der Waals surface area contributed by atoms with Crippen LogP contribution in [0.15, 0.2) is 60.7 Å². The molecule has 4 aromatic carbocycles. The quantitative estimate of drug-likeness (QED) is 0.135. The Bertz CT molecular complexity index is 1450. The molecule has 0 N–H and O–H groups in total. The van der Waals surface area contributed by atoms with E-state index in [4.69, 9.17) is 28.4 Å². The van der Waals surface area contributed by atoms with Crippen molar-refractivity contribution >= 4 is 35.1 Å². The zero-order valence-electron chi connectivity index (χ0n) is 27.1. The van der Waals surface area contributed by atoms with Gasteiger partial charge in [0.1, 0.15) is 0 Å². The van der Waals surface area contributed by atoms with E-state index < -0.39 is 0 Å². The molecule has 0 saturated heterocycles. The molecule has 0 radical (unpaired) electrons. The van der Waals surface area contributed by atoms with E-state index in [1.165, 1.54) is 0 Å². The monoisotopic (exact) mass is 596 g/mol. The predicted molar refractivity (Wildman–Crippen MR) is 182 cm³/mol. The van der Waals surface area contributed by atoms with Gasteiger partial charge in [-0.1, -0.05) is 74.5 Å². The molecule has 0 heterocycles. The minimum Gasteiger partial charge on any atom is -0.493 e. The van der Waals surface area contributed by atoms with E-state index >= 15 is 0 Å². The Morgan fingerprint density at radius 2 is 0.864 bits per heavy atom. The van der Waals surface area contributed by atoms with E-state index in [2.05, 4.69) is 74.5 Å². The molecule has 0 fully saturated rings. The van der Waals surface area contributed by atoms with Gasteiger partial charge in [-0.25, -0.2) is 0 Å². The van der Waals surface area contributed by atoms with Crippen molar-refractivity contribution in [3.05, 3.63) is 82.9 Å². The smallest absolute Gasteiger partial charge is 0.203 e. The molecule has 0 aliphatic rings. The summed E-state index contributed by atoms with van der Waals surface area (Å²) >= 11 is 0. The number of hydrogen-bond donors (Lipinski definition) is 0. The van der Waals surface area contributed by atoms with E-state index in [1.54, 1.807) is 28.4 Å². The highest BCUT2D eigenvalue weighted by Crippen LogP contribution is 2.41. The van der Waals surface area contributed by atoms with Crippen LogP contribution >= 0.6 is 0 Å². The lowest BCUT2D eigenvalue weighted by Crippen LogP contribution is -2.11. The van der Waals surface area contributed by atoms with E-state index in [0.29, 0.717) is 34.5 Å². The number of ether oxygens (including phenoxy) is 6. The van der Waals surface area contributed by atoms with Crippen LogP contribution in [0.25, 0.3) is 35.1 Å². The highest BCUT2D eigenvalue weighted by atomic mass is 16.5. The first-order chi connectivity index (χ1) is 21.3. The molecule has 44 heavy (non-hydrogen) atoms. The second-order valence-electron chi connectivity index (χ2n) is 10.6. The minimum atomic E-state index is 0.0465. The summed E-state index contributed by atoms with van der Waals surface area (Å²) in [6.07, 6.45) is 10.2. The zero-order valence-corrected chi connectivity index (χ0v) is 27.1. The molecule has 2 unspecified atom stereocenters. The molecule has 2 atom stereocenters. The lowest BCUT2D eigenvalue weighted by atomic mass is 9.98. The summed E-state index contributed by atoms with van der Waals surface area (Å²) in [6, 6.07) is 20.6. The van der Waals surface area contributed by atoms with E-state index in [-0.39, 0.29) is 12.2 Å². The van der Waals surface area contributed by atoms with Crippen molar-refractivity contribution in [1.29, 1.82) is 0 Å². The molecule has 0 saturated carbocycles. The van der Waals surface area contributed by atoms with Crippen molar-refractivity contribution in [3.63, 3.8) is 0 Å². The first-order valence-electron chi connectivity index (χ1n) is 15.1. The number of methoxy groups -OCH3 is 4. The summed E-state index contributed by atoms with van der Waals surface area (Å²) in [5.74, 6) is 3.81. The van der Waals surface area contributed by atoms with Gasteiger partial charge in [-0.2, -0.15) is 0 Å². The zero-order chi connectivity index (χ0) is 31.6. The number of benzene rings is 4. The Hall–Kier alpha value is -4.58. The fourth-order valence-electron chi connectivity index (χ4n) is 4.80. The topological polar surface area (TPSA) is 55.4 Å². The molecule has 6 nitrogen and oxygen atoms in total. The normalized spacial score (nSPS) is 12.8. The Morgan fingerprint density at radius 3 is 1.16 bits per heavy atom. The average Bonchev–Trinajstić information content (AvgIpc) is 3.06. The predicted octanol–water partition coefficient (Wildman–Crippen LogP) is 9.57. The highest BCUT2D eigenvalue weighted by Gasteiger charge is 2.17. The van der Waals surface area contributed by atoms with E-state index in [1.807, 2.05) is 38.1 Å². The lowest BCUT2D eigenvalue weighted by molar-refractivity contribution is 0.198. The molecule has 0 aliphatic carbocycles. The van der Waals surface area contributed by atoms with Gasteiger partial charge in [0.05, 0.1) is 40.6 Å². The maximum Gasteiger partial charge on any atom is 0.203 e. The SMILES string of the molecule is CCC(C)Oc1c(OC)cc(/C=C/c2ccc(/C=C/c3cc(OC)c(OC(C)CC)c(OC)c3)c3ccccc23)cc1OC. The number of fused-ring (bicyclic) bond motifs is 1. The first kappa shape index (κ1) is 32.3. The van der Waals surface area contributed by atoms with E-state index in [0.717, 1.165) is 45.9 Å². The minimum absolute atomic E-state index is 0.0465. The lowest BCUT2D eigenvalue weighted by Gasteiger charge is -2.19. The van der Waals surface area contributed by atoms with Crippen LogP contribution in [-0.2, 0) is 0 Å². The van der Waals surface area contributed by atoms with Crippen molar-refractivity contribution in [2.24, 2.45) is 0 Å². The summed E-state index contributed by atoms with van der Waals surface area (Å²) in [5.41, 5.74) is 4.11. The van der Waals surface area contributed by atoms with Crippen molar-refractivity contribution in [2.45, 2.75) is 52.7 Å². The largest absolute Gasteiger partial charge is 0.493 e. The van der Waals surface area contributed by atoms with Crippen LogP contribution in [0.3, 0.4) is 0 Å². The van der Waals surface area contributed by atoms with Crippen LogP contribution < -0.4 is 28.4 Å². The van der Waals surface area contributed by atoms with Crippen LogP contribution in [0.2, 0.25) is 0 Å². The molecule has 0 bridgehead atoms. The molecular weight excluding hydrogens is 552 g/mol. The van der Waals surface area contributed by atoms with Gasteiger partial charge in [0.25, 0.3) is 0 Å². The van der Waals surface area contributed by atoms with Crippen LogP contribution in [0, 0.1) is 0 Å². The van der Waals surface area contributed by atoms with Crippen LogP contribution in [0.4, 0.5) is 0 Å². The van der Waals surface area contributed by atoms with Crippen molar-refractivity contribution in [1.82, 2.24) is 0 Å².